The molecule has 0 radical (unpaired) electrons. The number of ether oxygens (including phenoxy) is 1. The highest BCUT2D eigenvalue weighted by Crippen LogP contribution is 2.28. The molecular weight excluding hydrogens is 250 g/mol. The molecule has 98 valence electrons. The maximum absolute atomic E-state index is 13.1. The minimum Gasteiger partial charge on any atom is -0.509 e. The fourth-order valence-electron chi connectivity index (χ4n) is 1.54. The third-order valence-corrected chi connectivity index (χ3v) is 2.38. The standard InChI is InChI=1S/C13H12BFO4/c15-11-6-7-12(19-14(16)17)13(8-11)18-9-10-4-2-1-3-5-10/h1-8,16-17H,9H2. The lowest BCUT2D eigenvalue weighted by atomic mass is 10.2. The Bertz CT molecular complexity index is 533. The number of halogens is 1. The first-order valence-corrected chi connectivity index (χ1v) is 5.64. The number of hydrogen-bond donors (Lipinski definition) is 2. The van der Waals surface area contributed by atoms with Gasteiger partial charge in [-0.1, -0.05) is 30.3 Å². The predicted molar refractivity (Wildman–Crippen MR) is 68.0 cm³/mol. The lowest BCUT2D eigenvalue weighted by Gasteiger charge is -2.12. The van der Waals surface area contributed by atoms with Crippen LogP contribution in [0.4, 0.5) is 4.39 Å². The molecule has 0 amide bonds. The molecule has 4 nitrogen and oxygen atoms in total. The molecule has 0 unspecified atom stereocenters. The Morgan fingerprint density at radius 2 is 1.74 bits per heavy atom. The Morgan fingerprint density at radius 3 is 2.42 bits per heavy atom. The van der Waals surface area contributed by atoms with E-state index < -0.39 is 13.1 Å². The Kier molecular flexibility index (Phi) is 4.38. The van der Waals surface area contributed by atoms with Crippen LogP contribution in [0.3, 0.4) is 0 Å². The van der Waals surface area contributed by atoms with Crippen molar-refractivity contribution in [3.8, 4) is 11.5 Å². The molecule has 6 heteroatoms. The van der Waals surface area contributed by atoms with Gasteiger partial charge in [0.2, 0.25) is 0 Å². The fraction of sp³-hybridized carbons (Fsp3) is 0.0769. The Hall–Kier alpha value is -2.05. The quantitative estimate of drug-likeness (QED) is 0.806. The van der Waals surface area contributed by atoms with E-state index in [-0.39, 0.29) is 18.1 Å². The van der Waals surface area contributed by atoms with Gasteiger partial charge < -0.3 is 19.4 Å². The Balaban J connectivity index is 2.12. The summed E-state index contributed by atoms with van der Waals surface area (Å²) in [6.07, 6.45) is 0. The summed E-state index contributed by atoms with van der Waals surface area (Å²) >= 11 is 0. The van der Waals surface area contributed by atoms with Crippen molar-refractivity contribution in [3.05, 3.63) is 59.9 Å². The minimum absolute atomic E-state index is 0.0623. The summed E-state index contributed by atoms with van der Waals surface area (Å²) in [7, 11) is -1.98. The van der Waals surface area contributed by atoms with E-state index in [2.05, 4.69) is 0 Å². The van der Waals surface area contributed by atoms with Crippen molar-refractivity contribution in [2.24, 2.45) is 0 Å². The summed E-state index contributed by atoms with van der Waals surface area (Å²) in [5.41, 5.74) is 0.905. The molecule has 2 aromatic carbocycles. The van der Waals surface area contributed by atoms with E-state index >= 15 is 0 Å². The molecular formula is C13H12BFO4. The van der Waals surface area contributed by atoms with Crippen molar-refractivity contribution in [1.29, 1.82) is 0 Å². The van der Waals surface area contributed by atoms with E-state index in [1.54, 1.807) is 0 Å². The van der Waals surface area contributed by atoms with E-state index in [0.29, 0.717) is 0 Å². The van der Waals surface area contributed by atoms with Gasteiger partial charge in [-0.25, -0.2) is 4.39 Å². The minimum atomic E-state index is -1.98. The molecule has 0 aliphatic carbocycles. The zero-order chi connectivity index (χ0) is 13.7. The Morgan fingerprint density at radius 1 is 1.00 bits per heavy atom. The SMILES string of the molecule is OB(O)Oc1ccc(F)cc1OCc1ccccc1. The predicted octanol–water partition coefficient (Wildman–Crippen LogP) is 1.75. The van der Waals surface area contributed by atoms with Gasteiger partial charge in [0.15, 0.2) is 5.75 Å². The first kappa shape index (κ1) is 13.4. The van der Waals surface area contributed by atoms with Crippen LogP contribution in [0.15, 0.2) is 48.5 Å². The molecule has 0 aliphatic heterocycles. The Labute approximate surface area is 110 Å². The molecule has 0 saturated carbocycles. The van der Waals surface area contributed by atoms with Crippen LogP contribution in [0.25, 0.3) is 0 Å². The summed E-state index contributed by atoms with van der Waals surface area (Å²) in [6.45, 7) is 0.224. The van der Waals surface area contributed by atoms with E-state index in [1.165, 1.54) is 6.07 Å². The van der Waals surface area contributed by atoms with E-state index in [9.17, 15) is 4.39 Å². The third-order valence-electron chi connectivity index (χ3n) is 2.38. The van der Waals surface area contributed by atoms with Crippen LogP contribution in [0, 0.1) is 5.82 Å². The molecule has 2 N–H and O–H groups in total. The largest absolute Gasteiger partial charge is 0.707 e. The molecule has 0 aromatic heterocycles. The summed E-state index contributed by atoms with van der Waals surface area (Å²) in [4.78, 5) is 0. The van der Waals surface area contributed by atoms with Gasteiger partial charge in [-0.3, -0.25) is 0 Å². The maximum Gasteiger partial charge on any atom is 0.707 e. The van der Waals surface area contributed by atoms with Crippen LogP contribution >= 0.6 is 0 Å². The van der Waals surface area contributed by atoms with Gasteiger partial charge in [0.05, 0.1) is 0 Å². The van der Waals surface area contributed by atoms with Crippen LogP contribution in [0.2, 0.25) is 0 Å². The first-order valence-electron chi connectivity index (χ1n) is 5.64. The molecule has 0 heterocycles. The zero-order valence-electron chi connectivity index (χ0n) is 9.99. The molecule has 0 spiro atoms. The lowest BCUT2D eigenvalue weighted by Crippen LogP contribution is -2.21. The van der Waals surface area contributed by atoms with Crippen molar-refractivity contribution in [3.63, 3.8) is 0 Å². The highest BCUT2D eigenvalue weighted by atomic mass is 19.1. The second-order valence-corrected chi connectivity index (χ2v) is 3.81. The van der Waals surface area contributed by atoms with E-state index in [4.69, 9.17) is 19.4 Å². The van der Waals surface area contributed by atoms with Crippen molar-refractivity contribution in [2.75, 3.05) is 0 Å². The average molecular weight is 262 g/mol. The monoisotopic (exact) mass is 262 g/mol. The smallest absolute Gasteiger partial charge is 0.509 e. The van der Waals surface area contributed by atoms with Crippen LogP contribution in [-0.2, 0) is 6.61 Å². The third kappa shape index (κ3) is 3.98. The molecule has 0 atom stereocenters. The van der Waals surface area contributed by atoms with Crippen molar-refractivity contribution in [2.45, 2.75) is 6.61 Å². The van der Waals surface area contributed by atoms with Crippen LogP contribution in [0.1, 0.15) is 5.56 Å². The van der Waals surface area contributed by atoms with Gasteiger partial charge in [0.1, 0.15) is 18.2 Å². The number of hydrogen-bond acceptors (Lipinski definition) is 4. The molecule has 0 saturated heterocycles. The highest BCUT2D eigenvalue weighted by Gasteiger charge is 2.15. The van der Waals surface area contributed by atoms with E-state index in [0.717, 1.165) is 17.7 Å². The molecule has 0 bridgehead atoms. The van der Waals surface area contributed by atoms with Gasteiger partial charge in [-0.05, 0) is 17.7 Å². The molecule has 0 fully saturated rings. The van der Waals surface area contributed by atoms with Gasteiger partial charge in [0.25, 0.3) is 0 Å². The molecule has 2 rings (SSSR count). The summed E-state index contributed by atoms with van der Waals surface area (Å²) in [5.74, 6) is -0.327. The molecule has 2 aromatic rings. The normalized spacial score (nSPS) is 10.1. The van der Waals surface area contributed by atoms with Crippen molar-refractivity contribution < 1.29 is 23.8 Å². The van der Waals surface area contributed by atoms with Gasteiger partial charge >= 0.3 is 7.32 Å². The fourth-order valence-corrected chi connectivity index (χ4v) is 1.54. The molecule has 19 heavy (non-hydrogen) atoms. The van der Waals surface area contributed by atoms with Crippen LogP contribution < -0.4 is 9.39 Å². The number of rotatable bonds is 5. The second-order valence-electron chi connectivity index (χ2n) is 3.81. The van der Waals surface area contributed by atoms with Gasteiger partial charge in [-0.2, -0.15) is 0 Å². The van der Waals surface area contributed by atoms with Crippen molar-refractivity contribution in [1.82, 2.24) is 0 Å². The summed E-state index contributed by atoms with van der Waals surface area (Å²) in [6, 6.07) is 12.9. The van der Waals surface area contributed by atoms with Gasteiger partial charge in [0, 0.05) is 6.07 Å². The lowest BCUT2D eigenvalue weighted by molar-refractivity contribution is 0.261. The average Bonchev–Trinajstić information content (AvgIpc) is 2.40. The topological polar surface area (TPSA) is 58.9 Å². The second kappa shape index (κ2) is 6.22. The van der Waals surface area contributed by atoms with Crippen molar-refractivity contribution >= 4 is 7.32 Å². The van der Waals surface area contributed by atoms with E-state index in [1.807, 2.05) is 30.3 Å². The maximum atomic E-state index is 13.1. The summed E-state index contributed by atoms with van der Waals surface area (Å²) in [5, 5.41) is 17.5. The first-order chi connectivity index (χ1) is 9.15. The van der Waals surface area contributed by atoms with Gasteiger partial charge in [-0.15, -0.1) is 0 Å². The molecule has 0 aliphatic rings. The van der Waals surface area contributed by atoms with Crippen LogP contribution in [-0.4, -0.2) is 17.4 Å². The number of benzene rings is 2. The highest BCUT2D eigenvalue weighted by molar-refractivity contribution is 6.33. The summed E-state index contributed by atoms with van der Waals surface area (Å²) < 4.78 is 23.3. The van der Waals surface area contributed by atoms with Crippen LogP contribution in [0.5, 0.6) is 11.5 Å². The zero-order valence-corrected chi connectivity index (χ0v) is 9.99.